The number of aryl methyl sites for hydroxylation is 3. The molecular weight excluding hydrogens is 414 g/mol. The van der Waals surface area contributed by atoms with Crippen LogP contribution >= 0.6 is 0 Å². The summed E-state index contributed by atoms with van der Waals surface area (Å²) in [7, 11) is 0. The summed E-state index contributed by atoms with van der Waals surface area (Å²) >= 11 is 0. The summed E-state index contributed by atoms with van der Waals surface area (Å²) in [6.07, 6.45) is 3.15. The molecule has 1 aliphatic rings. The van der Waals surface area contributed by atoms with Gasteiger partial charge in [-0.3, -0.25) is 9.69 Å². The second kappa shape index (κ2) is 9.91. The molecule has 7 nitrogen and oxygen atoms in total. The van der Waals surface area contributed by atoms with Crippen LogP contribution in [0.4, 0.5) is 0 Å². The molecule has 0 spiro atoms. The van der Waals surface area contributed by atoms with E-state index in [4.69, 9.17) is 4.42 Å². The highest BCUT2D eigenvalue weighted by molar-refractivity contribution is 5.91. The van der Waals surface area contributed by atoms with Crippen LogP contribution in [-0.4, -0.2) is 38.7 Å². The van der Waals surface area contributed by atoms with Crippen molar-refractivity contribution in [2.45, 2.75) is 66.6 Å². The molecule has 0 bridgehead atoms. The summed E-state index contributed by atoms with van der Waals surface area (Å²) in [5.41, 5.74) is 5.42. The Balaban J connectivity index is 1.50. The highest BCUT2D eigenvalue weighted by atomic mass is 16.3. The van der Waals surface area contributed by atoms with Crippen LogP contribution in [0.2, 0.25) is 0 Å². The molecule has 1 N–H and O–H groups in total. The average Bonchev–Trinajstić information content (AvgIpc) is 3.39. The van der Waals surface area contributed by atoms with E-state index in [0.717, 1.165) is 50.7 Å². The van der Waals surface area contributed by atoms with Crippen LogP contribution < -0.4 is 5.32 Å². The number of nitrogens with zero attached hydrogens (tertiary/aromatic N) is 4. The molecule has 1 aliphatic heterocycles. The highest BCUT2D eigenvalue weighted by Gasteiger charge is 2.27. The summed E-state index contributed by atoms with van der Waals surface area (Å²) in [5.74, 6) is 2.32. The number of furan rings is 1. The first-order chi connectivity index (χ1) is 15.8. The lowest BCUT2D eigenvalue weighted by molar-refractivity contribution is 0.0900. The van der Waals surface area contributed by atoms with Crippen LogP contribution in [0.1, 0.15) is 70.8 Å². The Bertz CT molecular complexity index is 1100. The average molecular weight is 450 g/mol. The van der Waals surface area contributed by atoms with Crippen LogP contribution in [0.15, 0.2) is 34.9 Å². The quantitative estimate of drug-likeness (QED) is 0.580. The molecule has 33 heavy (non-hydrogen) atoms. The van der Waals surface area contributed by atoms with Gasteiger partial charge in [0, 0.05) is 32.6 Å². The van der Waals surface area contributed by atoms with Crippen LogP contribution in [0, 0.1) is 26.7 Å². The Morgan fingerprint density at radius 3 is 2.61 bits per heavy atom. The van der Waals surface area contributed by atoms with Crippen LogP contribution in [0.3, 0.4) is 0 Å². The first-order valence-corrected chi connectivity index (χ1v) is 11.9. The number of carbonyl (C=O) groups excluding carboxylic acids is 1. The van der Waals surface area contributed by atoms with Crippen molar-refractivity contribution in [1.82, 2.24) is 25.0 Å². The van der Waals surface area contributed by atoms with Crippen molar-refractivity contribution in [3.8, 4) is 0 Å². The zero-order chi connectivity index (χ0) is 23.5. The van der Waals surface area contributed by atoms with Crippen molar-refractivity contribution in [2.24, 2.45) is 5.92 Å². The molecule has 176 valence electrons. The first kappa shape index (κ1) is 23.2. The van der Waals surface area contributed by atoms with Gasteiger partial charge in [-0.15, -0.1) is 10.2 Å². The van der Waals surface area contributed by atoms with E-state index in [-0.39, 0.29) is 11.9 Å². The normalized spacial score (nSPS) is 15.3. The minimum Gasteiger partial charge on any atom is -0.459 e. The number of amides is 1. The molecule has 3 aromatic rings. The molecule has 2 aromatic heterocycles. The third kappa shape index (κ3) is 5.36. The highest BCUT2D eigenvalue weighted by Crippen LogP contribution is 2.24. The maximum absolute atomic E-state index is 12.7. The minimum atomic E-state index is -0.219. The van der Waals surface area contributed by atoms with Gasteiger partial charge in [0.05, 0.1) is 12.3 Å². The molecule has 1 amide bonds. The van der Waals surface area contributed by atoms with E-state index in [9.17, 15) is 4.79 Å². The lowest BCUT2D eigenvalue weighted by Crippen LogP contribution is -2.32. The second-order valence-electron chi connectivity index (χ2n) is 9.65. The van der Waals surface area contributed by atoms with Crippen molar-refractivity contribution in [2.75, 3.05) is 13.1 Å². The topological polar surface area (TPSA) is 76.2 Å². The van der Waals surface area contributed by atoms with Crippen molar-refractivity contribution in [3.05, 3.63) is 70.2 Å². The smallest absolute Gasteiger partial charge is 0.287 e. The van der Waals surface area contributed by atoms with E-state index in [0.29, 0.717) is 11.7 Å². The third-order valence-electron chi connectivity index (χ3n) is 6.56. The molecule has 1 atom stereocenters. The molecule has 0 saturated heterocycles. The molecule has 0 fully saturated rings. The maximum atomic E-state index is 12.7. The molecule has 0 saturated carbocycles. The molecular formula is C26H35N5O2. The Morgan fingerprint density at radius 2 is 1.88 bits per heavy atom. The monoisotopic (exact) mass is 449 g/mol. The maximum Gasteiger partial charge on any atom is 0.287 e. The number of fused-ring (bicyclic) bond motifs is 1. The van der Waals surface area contributed by atoms with Crippen LogP contribution in [-0.2, 0) is 19.5 Å². The summed E-state index contributed by atoms with van der Waals surface area (Å²) in [6.45, 7) is 14.5. The van der Waals surface area contributed by atoms with Crippen molar-refractivity contribution >= 4 is 5.91 Å². The molecule has 7 heteroatoms. The zero-order valence-corrected chi connectivity index (χ0v) is 20.4. The summed E-state index contributed by atoms with van der Waals surface area (Å²) in [5, 5.41) is 12.2. The van der Waals surface area contributed by atoms with Crippen LogP contribution in [0.5, 0.6) is 0 Å². The van der Waals surface area contributed by atoms with E-state index in [2.05, 4.69) is 71.7 Å². The molecule has 3 heterocycles. The molecule has 1 aromatic carbocycles. The lowest BCUT2D eigenvalue weighted by Gasteiger charge is -2.23. The number of nitrogens with one attached hydrogen (secondary N) is 1. The predicted octanol–water partition coefficient (Wildman–Crippen LogP) is 4.37. The number of aromatic nitrogens is 3. The van der Waals surface area contributed by atoms with Gasteiger partial charge >= 0.3 is 0 Å². The van der Waals surface area contributed by atoms with Gasteiger partial charge in [-0.05, 0) is 67.5 Å². The van der Waals surface area contributed by atoms with Gasteiger partial charge in [0.15, 0.2) is 11.6 Å². The Labute approximate surface area is 196 Å². The second-order valence-corrected chi connectivity index (χ2v) is 9.65. The Morgan fingerprint density at radius 1 is 1.09 bits per heavy atom. The molecule has 0 unspecified atom stereocenters. The number of carbonyl (C=O) groups is 1. The van der Waals surface area contributed by atoms with Crippen molar-refractivity contribution in [1.29, 1.82) is 0 Å². The van der Waals surface area contributed by atoms with Gasteiger partial charge in [0.1, 0.15) is 5.82 Å². The Hall–Kier alpha value is -2.93. The van der Waals surface area contributed by atoms with E-state index in [1.165, 1.54) is 28.5 Å². The third-order valence-corrected chi connectivity index (χ3v) is 6.56. The number of benzene rings is 1. The van der Waals surface area contributed by atoms with Gasteiger partial charge < -0.3 is 14.3 Å². The fraction of sp³-hybridized carbons (Fsp3) is 0.500. The van der Waals surface area contributed by atoms with Crippen LogP contribution in [0.25, 0.3) is 0 Å². The van der Waals surface area contributed by atoms with Gasteiger partial charge in [-0.2, -0.15) is 0 Å². The fourth-order valence-electron chi connectivity index (χ4n) is 4.57. The Kier molecular flexibility index (Phi) is 6.98. The largest absolute Gasteiger partial charge is 0.459 e. The fourth-order valence-corrected chi connectivity index (χ4v) is 4.57. The number of rotatable bonds is 7. The molecule has 0 aliphatic carbocycles. The van der Waals surface area contributed by atoms with Crippen molar-refractivity contribution in [3.63, 3.8) is 0 Å². The van der Waals surface area contributed by atoms with Crippen molar-refractivity contribution < 1.29 is 9.21 Å². The van der Waals surface area contributed by atoms with Gasteiger partial charge in [-0.25, -0.2) is 0 Å². The van der Waals surface area contributed by atoms with Gasteiger partial charge in [0.2, 0.25) is 0 Å². The summed E-state index contributed by atoms with van der Waals surface area (Å²) < 4.78 is 7.50. The van der Waals surface area contributed by atoms with E-state index < -0.39 is 0 Å². The standard InChI is InChI=1S/C26H35N5O2/c1-17(2)13-22(27-26(32)23-7-6-12-33-23)25-29-28-24-8-9-30(10-11-31(24)25)16-21-15-19(4)18(3)14-20(21)5/h6-7,12,14-15,17,22H,8-11,13,16H2,1-5H3,(H,27,32)/t22-/m0/s1. The van der Waals surface area contributed by atoms with Gasteiger partial charge in [-0.1, -0.05) is 26.0 Å². The molecule has 0 radical (unpaired) electrons. The zero-order valence-electron chi connectivity index (χ0n) is 20.4. The molecule has 4 rings (SSSR count). The van der Waals surface area contributed by atoms with E-state index in [1.807, 2.05) is 0 Å². The summed E-state index contributed by atoms with van der Waals surface area (Å²) in [6, 6.07) is 7.80. The SMILES string of the molecule is Cc1cc(C)c(CN2CCc3nnc([C@H](CC(C)C)NC(=O)c4ccco4)n3CC2)cc1C. The van der Waals surface area contributed by atoms with E-state index in [1.54, 1.807) is 12.1 Å². The summed E-state index contributed by atoms with van der Waals surface area (Å²) in [4.78, 5) is 15.2. The lowest BCUT2D eigenvalue weighted by atomic mass is 10.0. The first-order valence-electron chi connectivity index (χ1n) is 11.9. The van der Waals surface area contributed by atoms with E-state index >= 15 is 0 Å². The minimum absolute atomic E-state index is 0.211. The number of hydrogen-bond acceptors (Lipinski definition) is 5. The predicted molar refractivity (Wildman–Crippen MR) is 128 cm³/mol. The van der Waals surface area contributed by atoms with Gasteiger partial charge in [0.25, 0.3) is 5.91 Å². The number of hydrogen-bond donors (Lipinski definition) is 1.